The third-order valence-electron chi connectivity index (χ3n) is 4.23. The first kappa shape index (κ1) is 15.9. The van der Waals surface area contributed by atoms with Gasteiger partial charge in [-0.3, -0.25) is 0 Å². The maximum atomic E-state index is 12.9. The summed E-state index contributed by atoms with van der Waals surface area (Å²) in [5.74, 6) is -0.0155. The highest BCUT2D eigenvalue weighted by Gasteiger charge is 2.31. The molecule has 1 atom stereocenters. The Hall–Kier alpha value is -1.99. The Bertz CT molecular complexity index is 861. The summed E-state index contributed by atoms with van der Waals surface area (Å²) < 4.78 is 27.3. The van der Waals surface area contributed by atoms with Gasteiger partial charge in [0.05, 0.1) is 4.90 Å². The van der Waals surface area contributed by atoms with Crippen LogP contribution in [0.4, 0.5) is 0 Å². The quantitative estimate of drug-likeness (QED) is 0.926. The van der Waals surface area contributed by atoms with Crippen LogP contribution in [-0.2, 0) is 10.0 Å². The van der Waals surface area contributed by atoms with Crippen LogP contribution in [-0.4, -0.2) is 35.8 Å². The van der Waals surface area contributed by atoms with E-state index in [1.807, 2.05) is 6.07 Å². The molecule has 6 nitrogen and oxygen atoms in total. The van der Waals surface area contributed by atoms with Crippen molar-refractivity contribution in [2.45, 2.75) is 30.6 Å². The summed E-state index contributed by atoms with van der Waals surface area (Å²) in [4.78, 5) is 18.1. The van der Waals surface area contributed by atoms with Crippen LogP contribution in [0.2, 0.25) is 0 Å². The first-order chi connectivity index (χ1) is 11.0. The number of aromatic amines is 1. The van der Waals surface area contributed by atoms with Crippen molar-refractivity contribution in [3.05, 3.63) is 58.3 Å². The summed E-state index contributed by atoms with van der Waals surface area (Å²) in [7, 11) is -3.52. The van der Waals surface area contributed by atoms with Gasteiger partial charge in [-0.2, -0.15) is 4.31 Å². The predicted molar refractivity (Wildman–Crippen MR) is 86.8 cm³/mol. The van der Waals surface area contributed by atoms with E-state index in [-0.39, 0.29) is 5.92 Å². The molecule has 0 radical (unpaired) electrons. The largest absolute Gasteiger partial charge is 0.345 e. The average molecular weight is 333 g/mol. The van der Waals surface area contributed by atoms with Crippen molar-refractivity contribution >= 4 is 10.0 Å². The van der Waals surface area contributed by atoms with E-state index in [0.717, 1.165) is 24.1 Å². The molecule has 1 aliphatic rings. The van der Waals surface area contributed by atoms with Crippen molar-refractivity contribution < 1.29 is 8.42 Å². The van der Waals surface area contributed by atoms with Crippen LogP contribution in [0.3, 0.4) is 0 Å². The smallest absolute Gasteiger partial charge is 0.309 e. The van der Waals surface area contributed by atoms with Crippen molar-refractivity contribution in [2.75, 3.05) is 13.1 Å². The van der Waals surface area contributed by atoms with Gasteiger partial charge in [-0.15, -0.1) is 0 Å². The lowest BCUT2D eigenvalue weighted by Gasteiger charge is -2.32. The SMILES string of the molecule is Cc1ccccc1S(=O)(=O)N1CCCC(c2ccnc(=O)[nH]2)C1. The normalized spacial score (nSPS) is 19.6. The zero-order valence-electron chi connectivity index (χ0n) is 12.9. The van der Waals surface area contributed by atoms with E-state index < -0.39 is 15.7 Å². The first-order valence-electron chi connectivity index (χ1n) is 7.59. The molecular formula is C16H19N3O3S. The van der Waals surface area contributed by atoms with Crippen molar-refractivity contribution in [1.82, 2.24) is 14.3 Å². The molecule has 2 heterocycles. The maximum Gasteiger partial charge on any atom is 0.345 e. The molecule has 1 aromatic heterocycles. The Morgan fingerprint density at radius 2 is 2.04 bits per heavy atom. The molecule has 0 saturated carbocycles. The number of nitrogens with zero attached hydrogens (tertiary/aromatic N) is 2. The average Bonchev–Trinajstić information content (AvgIpc) is 2.55. The van der Waals surface area contributed by atoms with Gasteiger partial charge in [0, 0.05) is 30.9 Å². The van der Waals surface area contributed by atoms with Gasteiger partial charge in [-0.25, -0.2) is 18.2 Å². The van der Waals surface area contributed by atoms with Gasteiger partial charge in [0.15, 0.2) is 0 Å². The van der Waals surface area contributed by atoms with E-state index in [0.29, 0.717) is 18.0 Å². The van der Waals surface area contributed by atoms with Crippen LogP contribution < -0.4 is 5.69 Å². The Morgan fingerprint density at radius 1 is 1.26 bits per heavy atom. The van der Waals surface area contributed by atoms with Crippen LogP contribution in [0.5, 0.6) is 0 Å². The highest BCUT2D eigenvalue weighted by Crippen LogP contribution is 2.29. The molecule has 3 rings (SSSR count). The summed E-state index contributed by atoms with van der Waals surface area (Å²) in [6.45, 7) is 2.67. The van der Waals surface area contributed by atoms with E-state index in [9.17, 15) is 13.2 Å². The number of rotatable bonds is 3. The van der Waals surface area contributed by atoms with Gasteiger partial charge >= 0.3 is 5.69 Å². The fourth-order valence-electron chi connectivity index (χ4n) is 3.02. The zero-order valence-corrected chi connectivity index (χ0v) is 13.7. The van der Waals surface area contributed by atoms with Crippen LogP contribution >= 0.6 is 0 Å². The summed E-state index contributed by atoms with van der Waals surface area (Å²) in [5, 5.41) is 0. The standard InChI is InChI=1S/C16H19N3O3S/c1-12-5-2-3-7-15(12)23(21,22)19-10-4-6-13(11-19)14-8-9-17-16(20)18-14/h2-3,5,7-9,13H,4,6,10-11H2,1H3,(H,17,18,20). The second-order valence-electron chi connectivity index (χ2n) is 5.80. The molecular weight excluding hydrogens is 314 g/mol. The molecule has 1 saturated heterocycles. The number of aryl methyl sites for hydroxylation is 1. The number of benzene rings is 1. The molecule has 1 unspecified atom stereocenters. The first-order valence-corrected chi connectivity index (χ1v) is 9.03. The lowest BCUT2D eigenvalue weighted by Crippen LogP contribution is -2.39. The molecule has 1 aromatic carbocycles. The molecule has 7 heteroatoms. The van der Waals surface area contributed by atoms with E-state index in [1.54, 1.807) is 31.2 Å². The van der Waals surface area contributed by atoms with E-state index in [4.69, 9.17) is 0 Å². The van der Waals surface area contributed by atoms with Crippen LogP contribution in [0, 0.1) is 6.92 Å². The summed E-state index contributed by atoms with van der Waals surface area (Å²) in [5.41, 5.74) is 1.09. The second kappa shape index (κ2) is 6.25. The molecule has 2 aromatic rings. The third kappa shape index (κ3) is 3.20. The predicted octanol–water partition coefficient (Wildman–Crippen LogP) is 1.65. The van der Waals surface area contributed by atoms with Crippen molar-refractivity contribution in [1.29, 1.82) is 0 Å². The molecule has 1 fully saturated rings. The number of nitrogens with one attached hydrogen (secondary N) is 1. The van der Waals surface area contributed by atoms with Crippen LogP contribution in [0.15, 0.2) is 46.2 Å². The van der Waals surface area contributed by atoms with Crippen molar-refractivity contribution in [3.63, 3.8) is 0 Å². The van der Waals surface area contributed by atoms with Gasteiger partial charge < -0.3 is 4.98 Å². The third-order valence-corrected chi connectivity index (χ3v) is 6.26. The fourth-order valence-corrected chi connectivity index (χ4v) is 4.77. The van der Waals surface area contributed by atoms with Gasteiger partial charge in [-0.05, 0) is 37.5 Å². The van der Waals surface area contributed by atoms with E-state index in [2.05, 4.69) is 9.97 Å². The Kier molecular flexibility index (Phi) is 4.32. The van der Waals surface area contributed by atoms with Crippen LogP contribution in [0.25, 0.3) is 0 Å². The summed E-state index contributed by atoms with van der Waals surface area (Å²) in [6, 6.07) is 8.75. The topological polar surface area (TPSA) is 83.1 Å². The molecule has 0 bridgehead atoms. The maximum absolute atomic E-state index is 12.9. The van der Waals surface area contributed by atoms with Gasteiger partial charge in [-0.1, -0.05) is 18.2 Å². The Balaban J connectivity index is 1.89. The summed E-state index contributed by atoms with van der Waals surface area (Å²) in [6.07, 6.45) is 3.07. The lowest BCUT2D eigenvalue weighted by atomic mass is 9.96. The number of hydrogen-bond donors (Lipinski definition) is 1. The molecule has 122 valence electrons. The monoisotopic (exact) mass is 333 g/mol. The second-order valence-corrected chi connectivity index (χ2v) is 7.70. The number of H-pyrrole nitrogens is 1. The highest BCUT2D eigenvalue weighted by atomic mass is 32.2. The minimum atomic E-state index is -3.52. The molecule has 1 aliphatic heterocycles. The van der Waals surface area contributed by atoms with E-state index in [1.165, 1.54) is 10.5 Å². The summed E-state index contributed by atoms with van der Waals surface area (Å²) >= 11 is 0. The molecule has 23 heavy (non-hydrogen) atoms. The fraction of sp³-hybridized carbons (Fsp3) is 0.375. The number of sulfonamides is 1. The Morgan fingerprint density at radius 3 is 2.78 bits per heavy atom. The minimum absolute atomic E-state index is 0.0155. The molecule has 0 amide bonds. The molecule has 0 spiro atoms. The van der Waals surface area contributed by atoms with Gasteiger partial charge in [0.25, 0.3) is 0 Å². The van der Waals surface area contributed by atoms with Crippen molar-refractivity contribution in [3.8, 4) is 0 Å². The zero-order chi connectivity index (χ0) is 16.4. The molecule has 0 aliphatic carbocycles. The Labute approximate surface area is 135 Å². The van der Waals surface area contributed by atoms with Crippen LogP contribution in [0.1, 0.15) is 30.0 Å². The number of aromatic nitrogens is 2. The van der Waals surface area contributed by atoms with E-state index >= 15 is 0 Å². The minimum Gasteiger partial charge on any atom is -0.309 e. The van der Waals surface area contributed by atoms with Gasteiger partial charge in [0.1, 0.15) is 0 Å². The van der Waals surface area contributed by atoms with Gasteiger partial charge in [0.2, 0.25) is 10.0 Å². The number of piperidine rings is 1. The number of hydrogen-bond acceptors (Lipinski definition) is 4. The lowest BCUT2D eigenvalue weighted by molar-refractivity contribution is 0.312. The van der Waals surface area contributed by atoms with Crippen molar-refractivity contribution in [2.24, 2.45) is 0 Å². The molecule has 1 N–H and O–H groups in total. The highest BCUT2D eigenvalue weighted by molar-refractivity contribution is 7.89.